The molecule has 1 saturated heterocycles. The second-order valence-electron chi connectivity index (χ2n) is 5.31. The van der Waals surface area contributed by atoms with E-state index < -0.39 is 12.0 Å². The molecule has 1 heterocycles. The third kappa shape index (κ3) is 4.45. The lowest BCUT2D eigenvalue weighted by molar-refractivity contribution is -0.125. The summed E-state index contributed by atoms with van der Waals surface area (Å²) in [4.78, 5) is 35.5. The molecular weight excluding hydrogens is 300 g/mol. The Labute approximate surface area is 134 Å². The second-order valence-corrected chi connectivity index (χ2v) is 5.31. The average Bonchev–Trinajstić information content (AvgIpc) is 2.74. The summed E-state index contributed by atoms with van der Waals surface area (Å²) < 4.78 is 4.85. The van der Waals surface area contributed by atoms with E-state index in [2.05, 4.69) is 10.6 Å². The lowest BCUT2D eigenvalue weighted by atomic mass is 10.1. The van der Waals surface area contributed by atoms with Crippen molar-refractivity contribution in [1.29, 1.82) is 0 Å². The molecule has 1 aromatic carbocycles. The first-order valence-corrected chi connectivity index (χ1v) is 7.61. The van der Waals surface area contributed by atoms with Gasteiger partial charge in [0.15, 0.2) is 0 Å². The summed E-state index contributed by atoms with van der Waals surface area (Å²) in [7, 11) is 0. The van der Waals surface area contributed by atoms with Crippen LogP contribution in [0.5, 0.6) is 5.75 Å². The molecule has 0 spiro atoms. The number of hydrogen-bond donors (Lipinski definition) is 3. The van der Waals surface area contributed by atoms with E-state index in [1.165, 1.54) is 18.2 Å². The van der Waals surface area contributed by atoms with Crippen LogP contribution in [0.2, 0.25) is 0 Å². The summed E-state index contributed by atoms with van der Waals surface area (Å²) in [6.45, 7) is 1.85. The monoisotopic (exact) mass is 320 g/mol. The van der Waals surface area contributed by atoms with Gasteiger partial charge in [0.1, 0.15) is 17.4 Å². The standard InChI is InChI=1S/C16H20N2O5/c1-2-23-16(22)11-9-10(7-8-13(11)19)17-15(21)12-5-3-4-6-14(20)18-12/h7-9,12,19H,2-6H2,1H3,(H,17,21)(H,18,20)/t12-/m0/s1. The third-order valence-corrected chi connectivity index (χ3v) is 3.56. The van der Waals surface area contributed by atoms with E-state index in [0.717, 1.165) is 12.8 Å². The average molecular weight is 320 g/mol. The van der Waals surface area contributed by atoms with Gasteiger partial charge in [0, 0.05) is 12.1 Å². The first-order chi connectivity index (χ1) is 11.0. The van der Waals surface area contributed by atoms with Crippen molar-refractivity contribution in [1.82, 2.24) is 5.32 Å². The minimum atomic E-state index is -0.663. The summed E-state index contributed by atoms with van der Waals surface area (Å²) in [6, 6.07) is 3.55. The van der Waals surface area contributed by atoms with Gasteiger partial charge >= 0.3 is 5.97 Å². The summed E-state index contributed by atoms with van der Waals surface area (Å²) in [5.41, 5.74) is 0.337. The molecule has 0 aliphatic carbocycles. The zero-order valence-electron chi connectivity index (χ0n) is 12.9. The molecule has 23 heavy (non-hydrogen) atoms. The van der Waals surface area contributed by atoms with E-state index in [1.807, 2.05) is 0 Å². The van der Waals surface area contributed by atoms with Crippen LogP contribution in [0.1, 0.15) is 43.0 Å². The SMILES string of the molecule is CCOC(=O)c1cc(NC(=O)[C@@H]2CCCCC(=O)N2)ccc1O. The topological polar surface area (TPSA) is 105 Å². The van der Waals surface area contributed by atoms with Gasteiger partial charge in [-0.25, -0.2) is 4.79 Å². The molecule has 0 bridgehead atoms. The smallest absolute Gasteiger partial charge is 0.341 e. The number of nitrogens with one attached hydrogen (secondary N) is 2. The molecule has 124 valence electrons. The number of amides is 2. The van der Waals surface area contributed by atoms with Crippen LogP contribution in [0, 0.1) is 0 Å². The molecule has 0 unspecified atom stereocenters. The highest BCUT2D eigenvalue weighted by molar-refractivity contribution is 5.99. The van der Waals surface area contributed by atoms with E-state index in [1.54, 1.807) is 6.92 Å². The van der Waals surface area contributed by atoms with Gasteiger partial charge in [0.2, 0.25) is 11.8 Å². The van der Waals surface area contributed by atoms with Gasteiger partial charge in [-0.2, -0.15) is 0 Å². The van der Waals surface area contributed by atoms with Gasteiger partial charge in [-0.1, -0.05) is 6.42 Å². The van der Waals surface area contributed by atoms with Gasteiger partial charge in [0.05, 0.1) is 6.61 Å². The van der Waals surface area contributed by atoms with E-state index in [-0.39, 0.29) is 29.7 Å². The zero-order valence-corrected chi connectivity index (χ0v) is 12.9. The van der Waals surface area contributed by atoms with Crippen molar-refractivity contribution >= 4 is 23.5 Å². The number of hydrogen-bond acceptors (Lipinski definition) is 5. The summed E-state index contributed by atoms with van der Waals surface area (Å²) in [6.07, 6.45) is 2.55. The number of rotatable bonds is 4. The Hall–Kier alpha value is -2.57. The number of phenolic OH excluding ortho intramolecular Hbond substituents is 1. The maximum Gasteiger partial charge on any atom is 0.341 e. The maximum absolute atomic E-state index is 12.3. The molecule has 3 N–H and O–H groups in total. The van der Waals surface area contributed by atoms with Gasteiger partial charge in [-0.15, -0.1) is 0 Å². The number of anilines is 1. The third-order valence-electron chi connectivity index (χ3n) is 3.56. The number of esters is 1. The predicted molar refractivity (Wildman–Crippen MR) is 83.1 cm³/mol. The summed E-state index contributed by atoms with van der Waals surface area (Å²) >= 11 is 0. The Morgan fingerprint density at radius 1 is 1.39 bits per heavy atom. The second kappa shape index (κ2) is 7.62. The quantitative estimate of drug-likeness (QED) is 0.577. The molecule has 0 saturated carbocycles. The van der Waals surface area contributed by atoms with Crippen LogP contribution in [-0.2, 0) is 14.3 Å². The van der Waals surface area contributed by atoms with Crippen molar-refractivity contribution in [2.75, 3.05) is 11.9 Å². The van der Waals surface area contributed by atoms with Crippen molar-refractivity contribution in [3.63, 3.8) is 0 Å². The van der Waals surface area contributed by atoms with Crippen LogP contribution >= 0.6 is 0 Å². The van der Waals surface area contributed by atoms with Crippen molar-refractivity contribution in [2.45, 2.75) is 38.6 Å². The molecule has 0 radical (unpaired) electrons. The summed E-state index contributed by atoms with van der Waals surface area (Å²) in [5.74, 6) is -1.37. The molecule has 1 atom stereocenters. The van der Waals surface area contributed by atoms with Crippen molar-refractivity contribution in [3.8, 4) is 5.75 Å². The minimum Gasteiger partial charge on any atom is -0.507 e. The van der Waals surface area contributed by atoms with Gasteiger partial charge in [-0.3, -0.25) is 9.59 Å². The molecule has 7 heteroatoms. The fraction of sp³-hybridized carbons (Fsp3) is 0.438. The number of benzene rings is 1. The molecular formula is C16H20N2O5. The van der Waals surface area contributed by atoms with Crippen LogP contribution < -0.4 is 10.6 Å². The lowest BCUT2D eigenvalue weighted by Crippen LogP contribution is -2.42. The number of aromatic hydroxyl groups is 1. The molecule has 2 amide bonds. The first kappa shape index (κ1) is 16.8. The summed E-state index contributed by atoms with van der Waals surface area (Å²) in [5, 5.41) is 15.0. The van der Waals surface area contributed by atoms with E-state index in [4.69, 9.17) is 4.74 Å². The van der Waals surface area contributed by atoms with Crippen LogP contribution in [0.25, 0.3) is 0 Å². The van der Waals surface area contributed by atoms with E-state index >= 15 is 0 Å². The number of ether oxygens (including phenoxy) is 1. The highest BCUT2D eigenvalue weighted by Crippen LogP contribution is 2.23. The van der Waals surface area contributed by atoms with E-state index in [9.17, 15) is 19.5 Å². The first-order valence-electron chi connectivity index (χ1n) is 7.61. The Balaban J connectivity index is 2.10. The normalized spacial score (nSPS) is 17.8. The molecule has 1 aromatic rings. The van der Waals surface area contributed by atoms with Crippen LogP contribution in [0.3, 0.4) is 0 Å². The Morgan fingerprint density at radius 2 is 2.17 bits per heavy atom. The number of carbonyl (C=O) groups excluding carboxylic acids is 3. The van der Waals surface area contributed by atoms with Gasteiger partial charge in [0.25, 0.3) is 0 Å². The van der Waals surface area contributed by atoms with Crippen molar-refractivity contribution in [3.05, 3.63) is 23.8 Å². The van der Waals surface area contributed by atoms with Crippen LogP contribution in [0.4, 0.5) is 5.69 Å². The van der Waals surface area contributed by atoms with Crippen molar-refractivity contribution in [2.24, 2.45) is 0 Å². The van der Waals surface area contributed by atoms with Gasteiger partial charge in [-0.05, 0) is 38.0 Å². The maximum atomic E-state index is 12.3. The highest BCUT2D eigenvalue weighted by atomic mass is 16.5. The number of carbonyl (C=O) groups is 3. The van der Waals surface area contributed by atoms with Crippen molar-refractivity contribution < 1.29 is 24.2 Å². The van der Waals surface area contributed by atoms with E-state index in [0.29, 0.717) is 18.5 Å². The Morgan fingerprint density at radius 3 is 2.91 bits per heavy atom. The largest absolute Gasteiger partial charge is 0.507 e. The predicted octanol–water partition coefficient (Wildman–Crippen LogP) is 1.57. The van der Waals surface area contributed by atoms with Crippen LogP contribution in [0.15, 0.2) is 18.2 Å². The lowest BCUT2D eigenvalue weighted by Gasteiger charge is -2.16. The molecule has 7 nitrogen and oxygen atoms in total. The highest BCUT2D eigenvalue weighted by Gasteiger charge is 2.23. The minimum absolute atomic E-state index is 0.0189. The van der Waals surface area contributed by atoms with Crippen LogP contribution in [-0.4, -0.2) is 35.5 Å². The molecule has 2 rings (SSSR count). The fourth-order valence-electron chi connectivity index (χ4n) is 2.38. The Bertz CT molecular complexity index is 614. The molecule has 0 aromatic heterocycles. The fourth-order valence-corrected chi connectivity index (χ4v) is 2.38. The zero-order chi connectivity index (χ0) is 16.8. The van der Waals surface area contributed by atoms with Gasteiger partial charge < -0.3 is 20.5 Å². The molecule has 1 fully saturated rings. The number of phenols is 1. The Kier molecular flexibility index (Phi) is 5.56. The molecule has 1 aliphatic rings. The molecule has 1 aliphatic heterocycles.